The summed E-state index contributed by atoms with van der Waals surface area (Å²) in [5, 5.41) is 0. The van der Waals surface area contributed by atoms with Crippen LogP contribution in [0.15, 0.2) is 28.7 Å². The summed E-state index contributed by atoms with van der Waals surface area (Å²) in [6.07, 6.45) is 5.65. The summed E-state index contributed by atoms with van der Waals surface area (Å²) in [6.45, 7) is 4.98. The van der Waals surface area contributed by atoms with Gasteiger partial charge >= 0.3 is 0 Å². The number of nitrogens with zero attached hydrogens (tertiary/aromatic N) is 2. The second kappa shape index (κ2) is 8.23. The number of benzene rings is 1. The molecule has 2 fully saturated rings. The van der Waals surface area contributed by atoms with Gasteiger partial charge in [-0.3, -0.25) is 9.69 Å². The summed E-state index contributed by atoms with van der Waals surface area (Å²) in [6, 6.07) is 4.69. The van der Waals surface area contributed by atoms with Crippen molar-refractivity contribution in [1.29, 1.82) is 0 Å². The lowest BCUT2D eigenvalue weighted by atomic mass is 10.2. The first-order chi connectivity index (χ1) is 11.6. The monoisotopic (exact) mass is 396 g/mol. The van der Waals surface area contributed by atoms with Crippen LogP contribution in [0.3, 0.4) is 0 Å². The van der Waals surface area contributed by atoms with Crippen molar-refractivity contribution in [3.05, 3.63) is 40.1 Å². The zero-order valence-corrected chi connectivity index (χ0v) is 15.2. The minimum Gasteiger partial charge on any atom is -0.377 e. The molecule has 1 atom stereocenters. The third-order valence-corrected chi connectivity index (χ3v) is 5.03. The van der Waals surface area contributed by atoms with Gasteiger partial charge in [-0.15, -0.1) is 0 Å². The first-order valence-electron chi connectivity index (χ1n) is 8.38. The molecular formula is C18H22BrFN2O2. The third-order valence-electron chi connectivity index (χ3n) is 4.53. The summed E-state index contributed by atoms with van der Waals surface area (Å²) in [5.41, 5.74) is 0.412. The summed E-state index contributed by atoms with van der Waals surface area (Å²) in [7, 11) is 0. The Morgan fingerprint density at radius 3 is 2.83 bits per heavy atom. The molecule has 4 nitrogen and oxygen atoms in total. The molecule has 0 aromatic heterocycles. The predicted molar refractivity (Wildman–Crippen MR) is 95.1 cm³/mol. The molecule has 0 aliphatic carbocycles. The van der Waals surface area contributed by atoms with Crippen LogP contribution in [0, 0.1) is 5.82 Å². The summed E-state index contributed by atoms with van der Waals surface area (Å²) >= 11 is 3.31. The highest BCUT2D eigenvalue weighted by atomic mass is 79.9. The van der Waals surface area contributed by atoms with Crippen LogP contribution in [0.1, 0.15) is 18.4 Å². The fraction of sp³-hybridized carbons (Fsp3) is 0.500. The van der Waals surface area contributed by atoms with E-state index in [9.17, 15) is 9.18 Å². The van der Waals surface area contributed by atoms with Gasteiger partial charge in [0.25, 0.3) is 0 Å². The average molecular weight is 397 g/mol. The zero-order chi connectivity index (χ0) is 16.9. The number of hydrogen-bond acceptors (Lipinski definition) is 3. The first-order valence-corrected chi connectivity index (χ1v) is 9.17. The van der Waals surface area contributed by atoms with Gasteiger partial charge < -0.3 is 9.64 Å². The van der Waals surface area contributed by atoms with Gasteiger partial charge in [0.2, 0.25) is 5.91 Å². The molecule has 2 aliphatic heterocycles. The number of halogens is 2. The molecule has 0 spiro atoms. The number of amides is 1. The van der Waals surface area contributed by atoms with Gasteiger partial charge in [0.05, 0.1) is 6.10 Å². The van der Waals surface area contributed by atoms with E-state index in [0.717, 1.165) is 43.6 Å². The molecule has 2 heterocycles. The Morgan fingerprint density at radius 2 is 2.12 bits per heavy atom. The lowest BCUT2D eigenvalue weighted by molar-refractivity contribution is -0.127. The summed E-state index contributed by atoms with van der Waals surface area (Å²) in [4.78, 5) is 16.5. The smallest absolute Gasteiger partial charge is 0.246 e. The Balaban J connectivity index is 1.49. The number of carbonyl (C=O) groups is 1. The highest BCUT2D eigenvalue weighted by Gasteiger charge is 2.24. The highest BCUT2D eigenvalue weighted by molar-refractivity contribution is 9.10. The number of ether oxygens (including phenoxy) is 1. The first kappa shape index (κ1) is 17.6. The average Bonchev–Trinajstić information content (AvgIpc) is 3.09. The topological polar surface area (TPSA) is 32.8 Å². The van der Waals surface area contributed by atoms with Gasteiger partial charge in [0.1, 0.15) is 5.82 Å². The van der Waals surface area contributed by atoms with Crippen LogP contribution in [0.25, 0.3) is 6.08 Å². The Bertz CT molecular complexity index is 609. The minimum atomic E-state index is -0.330. The van der Waals surface area contributed by atoms with Gasteiger partial charge in [-0.05, 0) is 37.1 Å². The van der Waals surface area contributed by atoms with Gasteiger partial charge in [-0.2, -0.15) is 0 Å². The predicted octanol–water partition coefficient (Wildman–Crippen LogP) is 2.92. The van der Waals surface area contributed by atoms with E-state index in [1.807, 2.05) is 4.90 Å². The summed E-state index contributed by atoms with van der Waals surface area (Å²) < 4.78 is 20.1. The molecule has 2 aliphatic rings. The zero-order valence-electron chi connectivity index (χ0n) is 13.6. The second-order valence-electron chi connectivity index (χ2n) is 6.26. The van der Waals surface area contributed by atoms with Crippen LogP contribution >= 0.6 is 15.9 Å². The molecule has 0 saturated carbocycles. The fourth-order valence-electron chi connectivity index (χ4n) is 3.14. The molecule has 0 unspecified atom stereocenters. The maximum atomic E-state index is 13.7. The van der Waals surface area contributed by atoms with E-state index in [2.05, 4.69) is 20.8 Å². The van der Waals surface area contributed by atoms with Crippen LogP contribution in [-0.2, 0) is 9.53 Å². The molecule has 0 bridgehead atoms. The van der Waals surface area contributed by atoms with Crippen molar-refractivity contribution >= 4 is 27.9 Å². The van der Waals surface area contributed by atoms with Crippen molar-refractivity contribution in [2.75, 3.05) is 39.3 Å². The molecule has 1 aromatic carbocycles. The van der Waals surface area contributed by atoms with Crippen LogP contribution in [0.4, 0.5) is 4.39 Å². The van der Waals surface area contributed by atoms with E-state index in [1.165, 1.54) is 12.1 Å². The van der Waals surface area contributed by atoms with Crippen molar-refractivity contribution in [3.63, 3.8) is 0 Å². The maximum Gasteiger partial charge on any atom is 0.246 e. The van der Waals surface area contributed by atoms with E-state index < -0.39 is 0 Å². The molecule has 1 amide bonds. The molecule has 2 saturated heterocycles. The van der Waals surface area contributed by atoms with Gasteiger partial charge in [-0.1, -0.05) is 15.9 Å². The Kier molecular flexibility index (Phi) is 6.03. The molecule has 6 heteroatoms. The van der Waals surface area contributed by atoms with Crippen molar-refractivity contribution < 1.29 is 13.9 Å². The maximum absolute atomic E-state index is 13.7. The van der Waals surface area contributed by atoms with Gasteiger partial charge in [-0.25, -0.2) is 4.39 Å². The van der Waals surface area contributed by atoms with E-state index in [4.69, 9.17) is 4.74 Å². The van der Waals surface area contributed by atoms with Crippen LogP contribution in [-0.4, -0.2) is 61.1 Å². The van der Waals surface area contributed by atoms with Crippen LogP contribution < -0.4 is 0 Å². The van der Waals surface area contributed by atoms with Gasteiger partial charge in [0, 0.05) is 55.4 Å². The van der Waals surface area contributed by atoms with Crippen molar-refractivity contribution in [1.82, 2.24) is 9.80 Å². The number of carbonyl (C=O) groups excluding carboxylic acids is 1. The molecule has 0 radical (unpaired) electrons. The van der Waals surface area contributed by atoms with E-state index in [0.29, 0.717) is 24.8 Å². The number of piperazine rings is 1. The number of hydrogen-bond donors (Lipinski definition) is 0. The minimum absolute atomic E-state index is 0.0638. The third kappa shape index (κ3) is 4.65. The quantitative estimate of drug-likeness (QED) is 0.733. The molecular weight excluding hydrogens is 375 g/mol. The number of rotatable bonds is 4. The fourth-order valence-corrected chi connectivity index (χ4v) is 3.51. The van der Waals surface area contributed by atoms with Crippen LogP contribution in [0.2, 0.25) is 0 Å². The molecule has 24 heavy (non-hydrogen) atoms. The van der Waals surface area contributed by atoms with E-state index in [-0.39, 0.29) is 11.7 Å². The largest absolute Gasteiger partial charge is 0.377 e. The SMILES string of the molecule is O=C(/C=C/c1cc(Br)ccc1F)N1CCN(C[C@@H]2CCCO2)CC1. The van der Waals surface area contributed by atoms with Crippen molar-refractivity contribution in [3.8, 4) is 0 Å². The second-order valence-corrected chi connectivity index (χ2v) is 7.18. The molecule has 0 N–H and O–H groups in total. The Hall–Kier alpha value is -1.24. The molecule has 3 rings (SSSR count). The van der Waals surface area contributed by atoms with Gasteiger partial charge in [0.15, 0.2) is 0 Å². The molecule has 130 valence electrons. The highest BCUT2D eigenvalue weighted by Crippen LogP contribution is 2.17. The normalized spacial score (nSPS) is 22.4. The Labute approximate surface area is 150 Å². The van der Waals surface area contributed by atoms with Crippen molar-refractivity contribution in [2.45, 2.75) is 18.9 Å². The van der Waals surface area contributed by atoms with Crippen LogP contribution in [0.5, 0.6) is 0 Å². The standard InChI is InChI=1S/C18H22BrFN2O2/c19-15-4-5-17(20)14(12-15)3-6-18(23)22-9-7-21(8-10-22)13-16-2-1-11-24-16/h3-6,12,16H,1-2,7-11,13H2/b6-3+/t16-/m0/s1. The lowest BCUT2D eigenvalue weighted by Gasteiger charge is -2.35. The molecule has 1 aromatic rings. The van der Waals surface area contributed by atoms with E-state index >= 15 is 0 Å². The van der Waals surface area contributed by atoms with E-state index in [1.54, 1.807) is 18.2 Å². The Morgan fingerprint density at radius 1 is 1.33 bits per heavy atom. The summed E-state index contributed by atoms with van der Waals surface area (Å²) in [5.74, 6) is -0.394. The van der Waals surface area contributed by atoms with Crippen molar-refractivity contribution in [2.24, 2.45) is 0 Å². The lowest BCUT2D eigenvalue weighted by Crippen LogP contribution is -2.50.